The van der Waals surface area contributed by atoms with Gasteiger partial charge in [-0.3, -0.25) is 9.78 Å². The molecule has 1 saturated heterocycles. The number of carbonyl (C=O) groups is 1. The first-order valence-corrected chi connectivity index (χ1v) is 7.50. The van der Waals surface area contributed by atoms with Gasteiger partial charge in [-0.1, -0.05) is 30.3 Å². The highest BCUT2D eigenvalue weighted by Crippen LogP contribution is 2.18. The third-order valence-corrected chi connectivity index (χ3v) is 3.82. The molecule has 3 rings (SSSR count). The molecule has 2 aromatic rings. The van der Waals surface area contributed by atoms with E-state index in [-0.39, 0.29) is 11.9 Å². The fraction of sp³-hybridized carbons (Fsp3) is 0.353. The number of piperazine rings is 1. The number of anilines is 1. The number of nitrogens with one attached hydrogen (secondary N) is 1. The lowest BCUT2D eigenvalue weighted by atomic mass is 10.0. The van der Waals surface area contributed by atoms with Crippen LogP contribution in [-0.4, -0.2) is 35.0 Å². The zero-order valence-corrected chi connectivity index (χ0v) is 12.9. The lowest BCUT2D eigenvalue weighted by Crippen LogP contribution is -2.55. The van der Waals surface area contributed by atoms with Crippen molar-refractivity contribution in [1.82, 2.24) is 15.3 Å². The lowest BCUT2D eigenvalue weighted by molar-refractivity contribution is -0.121. The van der Waals surface area contributed by atoms with Gasteiger partial charge in [-0.15, -0.1) is 0 Å². The van der Waals surface area contributed by atoms with Gasteiger partial charge in [-0.25, -0.2) is 4.98 Å². The molecule has 1 aliphatic heterocycles. The quantitative estimate of drug-likeness (QED) is 0.935. The summed E-state index contributed by atoms with van der Waals surface area (Å²) in [5.41, 5.74) is 2.95. The van der Waals surface area contributed by atoms with Gasteiger partial charge < -0.3 is 10.2 Å². The number of nitrogens with zero attached hydrogens (tertiary/aromatic N) is 3. The van der Waals surface area contributed by atoms with Gasteiger partial charge >= 0.3 is 0 Å². The molecule has 1 fully saturated rings. The molecule has 5 heteroatoms. The summed E-state index contributed by atoms with van der Waals surface area (Å²) in [4.78, 5) is 23.0. The van der Waals surface area contributed by atoms with E-state index in [1.807, 2.05) is 36.9 Å². The van der Waals surface area contributed by atoms with Crippen molar-refractivity contribution in [2.75, 3.05) is 18.0 Å². The summed E-state index contributed by atoms with van der Waals surface area (Å²) in [7, 11) is 0. The van der Waals surface area contributed by atoms with E-state index in [2.05, 4.69) is 27.4 Å². The Morgan fingerprint density at radius 3 is 2.82 bits per heavy atom. The van der Waals surface area contributed by atoms with Crippen molar-refractivity contribution < 1.29 is 4.79 Å². The second kappa shape index (κ2) is 6.13. The van der Waals surface area contributed by atoms with Crippen LogP contribution in [-0.2, 0) is 11.2 Å². The number of amides is 1. The van der Waals surface area contributed by atoms with Crippen molar-refractivity contribution >= 4 is 11.7 Å². The largest absolute Gasteiger partial charge is 0.350 e. The number of benzene rings is 1. The fourth-order valence-electron chi connectivity index (χ4n) is 2.82. The van der Waals surface area contributed by atoms with E-state index < -0.39 is 0 Å². The first kappa shape index (κ1) is 14.5. The summed E-state index contributed by atoms with van der Waals surface area (Å²) in [5.74, 6) is 0.850. The molecule has 114 valence electrons. The molecule has 1 aliphatic rings. The smallest absolute Gasteiger partial charge is 0.239 e. The molecule has 0 saturated carbocycles. The molecule has 0 spiro atoms. The van der Waals surface area contributed by atoms with Crippen molar-refractivity contribution in [3.8, 4) is 0 Å². The van der Waals surface area contributed by atoms with Crippen molar-refractivity contribution in [2.24, 2.45) is 0 Å². The SMILES string of the molecule is Cc1cnc(C)c(N2CC(=O)N[C@@H](Cc3ccccc3)C2)n1. The molecule has 0 unspecified atom stereocenters. The summed E-state index contributed by atoms with van der Waals surface area (Å²) in [6.45, 7) is 4.94. The molecule has 1 amide bonds. The maximum atomic E-state index is 12.0. The highest BCUT2D eigenvalue weighted by molar-refractivity contribution is 5.83. The van der Waals surface area contributed by atoms with Crippen LogP contribution in [0, 0.1) is 13.8 Å². The van der Waals surface area contributed by atoms with Crippen molar-refractivity contribution in [2.45, 2.75) is 26.3 Å². The Hall–Kier alpha value is -2.43. The van der Waals surface area contributed by atoms with Gasteiger partial charge in [-0.2, -0.15) is 0 Å². The van der Waals surface area contributed by atoms with Gasteiger partial charge in [0.25, 0.3) is 0 Å². The van der Waals surface area contributed by atoms with Crippen LogP contribution in [0.4, 0.5) is 5.82 Å². The summed E-state index contributed by atoms with van der Waals surface area (Å²) in [6.07, 6.45) is 2.58. The molecular weight excluding hydrogens is 276 g/mol. The maximum Gasteiger partial charge on any atom is 0.239 e. The van der Waals surface area contributed by atoms with Gasteiger partial charge in [0.05, 0.1) is 24.0 Å². The van der Waals surface area contributed by atoms with E-state index in [0.29, 0.717) is 6.54 Å². The topological polar surface area (TPSA) is 58.1 Å². The third-order valence-electron chi connectivity index (χ3n) is 3.82. The minimum Gasteiger partial charge on any atom is -0.350 e. The lowest BCUT2D eigenvalue weighted by Gasteiger charge is -2.34. The Morgan fingerprint density at radius 2 is 2.05 bits per heavy atom. The van der Waals surface area contributed by atoms with E-state index >= 15 is 0 Å². The Morgan fingerprint density at radius 1 is 1.27 bits per heavy atom. The highest BCUT2D eigenvalue weighted by atomic mass is 16.2. The van der Waals surface area contributed by atoms with Crippen LogP contribution < -0.4 is 10.2 Å². The summed E-state index contributed by atoms with van der Waals surface area (Å²) in [5, 5.41) is 3.07. The monoisotopic (exact) mass is 296 g/mol. The molecule has 1 aromatic carbocycles. The second-order valence-electron chi connectivity index (χ2n) is 5.76. The van der Waals surface area contributed by atoms with E-state index in [1.54, 1.807) is 6.20 Å². The number of rotatable bonds is 3. The fourth-order valence-corrected chi connectivity index (χ4v) is 2.82. The summed E-state index contributed by atoms with van der Waals surface area (Å²) >= 11 is 0. The van der Waals surface area contributed by atoms with E-state index in [9.17, 15) is 4.79 Å². The number of hydrogen-bond donors (Lipinski definition) is 1. The van der Waals surface area contributed by atoms with Crippen molar-refractivity contribution in [1.29, 1.82) is 0 Å². The molecule has 1 N–H and O–H groups in total. The van der Waals surface area contributed by atoms with Crippen LogP contribution in [0.25, 0.3) is 0 Å². The first-order valence-electron chi connectivity index (χ1n) is 7.50. The molecule has 2 heterocycles. The molecule has 5 nitrogen and oxygen atoms in total. The number of hydrogen-bond acceptors (Lipinski definition) is 4. The molecular formula is C17H20N4O. The van der Waals surface area contributed by atoms with Crippen LogP contribution in [0.5, 0.6) is 0 Å². The van der Waals surface area contributed by atoms with Gasteiger partial charge in [0.1, 0.15) is 0 Å². The highest BCUT2D eigenvalue weighted by Gasteiger charge is 2.26. The minimum atomic E-state index is 0.0369. The molecule has 0 aliphatic carbocycles. The standard InChI is InChI=1S/C17H20N4O/c1-12-9-18-13(2)17(19-12)21-10-15(20-16(22)11-21)8-14-6-4-3-5-7-14/h3-7,9,15H,8,10-11H2,1-2H3,(H,20,22)/t15-/m0/s1. The molecule has 0 radical (unpaired) electrons. The average Bonchev–Trinajstić information content (AvgIpc) is 2.50. The van der Waals surface area contributed by atoms with Crippen molar-refractivity contribution in [3.63, 3.8) is 0 Å². The van der Waals surface area contributed by atoms with E-state index in [4.69, 9.17) is 0 Å². The zero-order chi connectivity index (χ0) is 15.5. The van der Waals surface area contributed by atoms with Crippen LogP contribution in [0.2, 0.25) is 0 Å². The predicted molar refractivity (Wildman–Crippen MR) is 85.8 cm³/mol. The zero-order valence-electron chi connectivity index (χ0n) is 12.9. The van der Waals surface area contributed by atoms with Gasteiger partial charge in [0.15, 0.2) is 5.82 Å². The normalized spacial score (nSPS) is 18.2. The Bertz CT molecular complexity index is 672. The van der Waals surface area contributed by atoms with Gasteiger partial charge in [-0.05, 0) is 25.8 Å². The Labute approximate surface area is 130 Å². The average molecular weight is 296 g/mol. The van der Waals surface area contributed by atoms with Crippen LogP contribution in [0.1, 0.15) is 17.0 Å². The molecule has 0 bridgehead atoms. The van der Waals surface area contributed by atoms with E-state index in [0.717, 1.165) is 30.2 Å². The van der Waals surface area contributed by atoms with Crippen LogP contribution >= 0.6 is 0 Å². The first-order chi connectivity index (χ1) is 10.6. The van der Waals surface area contributed by atoms with Gasteiger partial charge in [0, 0.05) is 12.7 Å². The van der Waals surface area contributed by atoms with Gasteiger partial charge in [0.2, 0.25) is 5.91 Å². The Balaban J connectivity index is 1.79. The van der Waals surface area contributed by atoms with Crippen LogP contribution in [0.15, 0.2) is 36.5 Å². The number of aromatic nitrogens is 2. The summed E-state index contributed by atoms with van der Waals surface area (Å²) < 4.78 is 0. The molecule has 22 heavy (non-hydrogen) atoms. The number of carbonyl (C=O) groups excluding carboxylic acids is 1. The molecule has 1 aromatic heterocycles. The van der Waals surface area contributed by atoms with Crippen LogP contribution in [0.3, 0.4) is 0 Å². The predicted octanol–water partition coefficient (Wildman–Crippen LogP) is 1.64. The summed E-state index contributed by atoms with van der Waals surface area (Å²) in [6, 6.07) is 10.3. The van der Waals surface area contributed by atoms with Crippen molar-refractivity contribution in [3.05, 3.63) is 53.5 Å². The maximum absolute atomic E-state index is 12.0. The van der Waals surface area contributed by atoms with E-state index in [1.165, 1.54) is 5.56 Å². The number of aryl methyl sites for hydroxylation is 2. The minimum absolute atomic E-state index is 0.0369. The Kier molecular flexibility index (Phi) is 4.04. The third kappa shape index (κ3) is 3.24. The molecule has 1 atom stereocenters. The second-order valence-corrected chi connectivity index (χ2v) is 5.76.